The molecule has 1 aliphatic heterocycles. The van der Waals surface area contributed by atoms with Crippen LogP contribution in [0.2, 0.25) is 0 Å². The van der Waals surface area contributed by atoms with Gasteiger partial charge in [0.15, 0.2) is 0 Å². The van der Waals surface area contributed by atoms with Gasteiger partial charge in [-0.15, -0.1) is 0 Å². The normalized spacial score (nSPS) is 17.9. The van der Waals surface area contributed by atoms with Gasteiger partial charge in [-0.2, -0.15) is 0 Å². The average Bonchev–Trinajstić information content (AvgIpc) is 3.05. The Balaban J connectivity index is 1.93. The summed E-state index contributed by atoms with van der Waals surface area (Å²) in [6, 6.07) is 15.1. The minimum atomic E-state index is -0.927. The van der Waals surface area contributed by atoms with Crippen molar-refractivity contribution in [3.05, 3.63) is 89.8 Å². The highest BCUT2D eigenvalue weighted by Gasteiger charge is 2.47. The number of carbonyl (C=O) groups is 2. The van der Waals surface area contributed by atoms with E-state index in [0.29, 0.717) is 16.9 Å². The van der Waals surface area contributed by atoms with Gasteiger partial charge in [-0.25, -0.2) is 0 Å². The number of aromatic hydroxyl groups is 1. The number of aliphatic hydroxyl groups excluding tert-OH is 1. The van der Waals surface area contributed by atoms with Crippen LogP contribution in [0.5, 0.6) is 11.5 Å². The molecule has 7 nitrogen and oxygen atoms in total. The molecule has 2 N–H and O–H groups in total. The Morgan fingerprint density at radius 3 is 2.30 bits per heavy atom. The van der Waals surface area contributed by atoms with Gasteiger partial charge in [0.1, 0.15) is 17.3 Å². The number of methoxy groups -OCH3 is 1. The molecule has 150 valence electrons. The smallest absolute Gasteiger partial charge is 0.300 e. The number of hydrogen-bond acceptors (Lipinski definition) is 6. The third-order valence-electron chi connectivity index (χ3n) is 4.97. The van der Waals surface area contributed by atoms with Crippen LogP contribution in [0.3, 0.4) is 0 Å². The first kappa shape index (κ1) is 19.2. The highest BCUT2D eigenvalue weighted by molar-refractivity contribution is 6.51. The van der Waals surface area contributed by atoms with Crippen molar-refractivity contribution in [1.82, 2.24) is 4.98 Å². The number of rotatable bonds is 4. The van der Waals surface area contributed by atoms with E-state index >= 15 is 0 Å². The highest BCUT2D eigenvalue weighted by Crippen LogP contribution is 2.44. The lowest BCUT2D eigenvalue weighted by Gasteiger charge is -2.25. The monoisotopic (exact) mass is 402 g/mol. The summed E-state index contributed by atoms with van der Waals surface area (Å²) in [6.07, 6.45) is 3.07. The number of anilines is 1. The quantitative estimate of drug-likeness (QED) is 0.394. The second-order valence-electron chi connectivity index (χ2n) is 6.67. The maximum absolute atomic E-state index is 13.0. The molecular weight excluding hydrogens is 384 g/mol. The minimum Gasteiger partial charge on any atom is -0.507 e. The number of nitrogens with zero attached hydrogens (tertiary/aromatic N) is 2. The number of Topliss-reactive ketones (excluding diaryl/α,β-unsaturated/α-hetero) is 1. The van der Waals surface area contributed by atoms with Crippen molar-refractivity contribution < 1.29 is 24.5 Å². The van der Waals surface area contributed by atoms with Gasteiger partial charge in [-0.3, -0.25) is 19.5 Å². The third-order valence-corrected chi connectivity index (χ3v) is 4.97. The van der Waals surface area contributed by atoms with Gasteiger partial charge in [-0.1, -0.05) is 12.1 Å². The molecule has 0 aliphatic carbocycles. The molecule has 2 aromatic carbocycles. The summed E-state index contributed by atoms with van der Waals surface area (Å²) in [7, 11) is 1.52. The van der Waals surface area contributed by atoms with Crippen molar-refractivity contribution in [2.24, 2.45) is 0 Å². The molecule has 4 rings (SSSR count). The number of ether oxygens (including phenoxy) is 1. The van der Waals surface area contributed by atoms with E-state index in [9.17, 15) is 19.8 Å². The number of amides is 1. The molecule has 7 heteroatoms. The second-order valence-corrected chi connectivity index (χ2v) is 6.67. The van der Waals surface area contributed by atoms with Crippen molar-refractivity contribution in [2.75, 3.05) is 12.0 Å². The fourth-order valence-electron chi connectivity index (χ4n) is 3.51. The molecule has 2 heterocycles. The number of pyridine rings is 1. The van der Waals surface area contributed by atoms with Crippen LogP contribution in [-0.4, -0.2) is 34.0 Å². The fourth-order valence-corrected chi connectivity index (χ4v) is 3.51. The first-order chi connectivity index (χ1) is 14.5. The molecule has 1 atom stereocenters. The van der Waals surface area contributed by atoms with Crippen molar-refractivity contribution in [3.8, 4) is 11.5 Å². The average molecular weight is 402 g/mol. The van der Waals surface area contributed by atoms with Gasteiger partial charge in [0.05, 0.1) is 24.4 Å². The molecule has 30 heavy (non-hydrogen) atoms. The molecule has 1 saturated heterocycles. The Hall–Kier alpha value is -4.13. The van der Waals surface area contributed by atoms with Crippen LogP contribution >= 0.6 is 0 Å². The predicted molar refractivity (Wildman–Crippen MR) is 110 cm³/mol. The first-order valence-corrected chi connectivity index (χ1v) is 9.16. The van der Waals surface area contributed by atoms with Crippen LogP contribution < -0.4 is 9.64 Å². The molecule has 0 bridgehead atoms. The Labute approximate surface area is 172 Å². The van der Waals surface area contributed by atoms with E-state index in [1.807, 2.05) is 0 Å². The first-order valence-electron chi connectivity index (χ1n) is 9.16. The van der Waals surface area contributed by atoms with Gasteiger partial charge in [0, 0.05) is 18.0 Å². The molecule has 0 saturated carbocycles. The van der Waals surface area contributed by atoms with Gasteiger partial charge >= 0.3 is 0 Å². The molecule has 3 aromatic rings. The lowest BCUT2D eigenvalue weighted by Crippen LogP contribution is -2.29. The van der Waals surface area contributed by atoms with Crippen LogP contribution in [0.15, 0.2) is 78.6 Å². The minimum absolute atomic E-state index is 0.0698. The SMILES string of the molecule is COc1ccc(/C(O)=C2\C(=O)C(=O)N(c3ccccc3O)C2c2ccncc2)cc1. The van der Waals surface area contributed by atoms with E-state index < -0.39 is 17.7 Å². The number of para-hydroxylation sites is 2. The summed E-state index contributed by atoms with van der Waals surface area (Å²) in [5, 5.41) is 21.3. The summed E-state index contributed by atoms with van der Waals surface area (Å²) in [4.78, 5) is 31.1. The maximum Gasteiger partial charge on any atom is 0.300 e. The van der Waals surface area contributed by atoms with Crippen molar-refractivity contribution in [2.45, 2.75) is 6.04 Å². The van der Waals surface area contributed by atoms with Crippen LogP contribution in [0.4, 0.5) is 5.69 Å². The Morgan fingerprint density at radius 1 is 1.00 bits per heavy atom. The molecule has 1 amide bonds. The lowest BCUT2D eigenvalue weighted by atomic mass is 9.95. The highest BCUT2D eigenvalue weighted by atomic mass is 16.5. The topological polar surface area (TPSA) is 100.0 Å². The number of phenols is 1. The number of hydrogen-bond donors (Lipinski definition) is 2. The lowest BCUT2D eigenvalue weighted by molar-refractivity contribution is -0.132. The molecule has 1 aliphatic rings. The van der Waals surface area contributed by atoms with E-state index in [1.54, 1.807) is 54.6 Å². The summed E-state index contributed by atoms with van der Waals surface area (Å²) in [6.45, 7) is 0. The second kappa shape index (κ2) is 7.71. The number of benzene rings is 2. The predicted octanol–water partition coefficient (Wildman–Crippen LogP) is 3.42. The van der Waals surface area contributed by atoms with Crippen molar-refractivity contribution in [1.29, 1.82) is 0 Å². The molecule has 0 radical (unpaired) electrons. The number of carbonyl (C=O) groups excluding carboxylic acids is 2. The van der Waals surface area contributed by atoms with Crippen LogP contribution in [0.25, 0.3) is 5.76 Å². The molecule has 1 fully saturated rings. The van der Waals surface area contributed by atoms with Crippen LogP contribution in [-0.2, 0) is 9.59 Å². The Morgan fingerprint density at radius 2 is 1.67 bits per heavy atom. The number of aliphatic hydroxyl groups is 1. The molecule has 1 aromatic heterocycles. The van der Waals surface area contributed by atoms with E-state index in [2.05, 4.69) is 4.98 Å². The standard InChI is InChI=1S/C23H18N2O5/c1-30-16-8-6-15(7-9-16)21(27)19-20(14-10-12-24-13-11-14)25(23(29)22(19)28)17-4-2-3-5-18(17)26/h2-13,20,26-27H,1H3/b21-19+. The van der Waals surface area contributed by atoms with Crippen LogP contribution in [0.1, 0.15) is 17.2 Å². The maximum atomic E-state index is 13.0. The Kier molecular flexibility index (Phi) is 4.93. The van der Waals surface area contributed by atoms with Gasteiger partial charge in [0.25, 0.3) is 11.7 Å². The molecule has 1 unspecified atom stereocenters. The zero-order valence-electron chi connectivity index (χ0n) is 16.0. The molecule has 0 spiro atoms. The van der Waals surface area contributed by atoms with Gasteiger partial charge in [0.2, 0.25) is 0 Å². The van der Waals surface area contributed by atoms with Crippen LogP contribution in [0, 0.1) is 0 Å². The summed E-state index contributed by atoms with van der Waals surface area (Å²) in [5.41, 5.74) is 1.04. The van der Waals surface area contributed by atoms with Gasteiger partial charge in [-0.05, 0) is 54.1 Å². The van der Waals surface area contributed by atoms with Crippen molar-refractivity contribution in [3.63, 3.8) is 0 Å². The zero-order chi connectivity index (χ0) is 21.3. The zero-order valence-corrected chi connectivity index (χ0v) is 16.0. The summed E-state index contributed by atoms with van der Waals surface area (Å²) < 4.78 is 5.13. The van der Waals surface area contributed by atoms with Crippen molar-refractivity contribution >= 4 is 23.1 Å². The summed E-state index contributed by atoms with van der Waals surface area (Å²) in [5.74, 6) is -1.55. The molecular formula is C23H18N2O5. The van der Waals surface area contributed by atoms with E-state index in [1.165, 1.54) is 30.5 Å². The van der Waals surface area contributed by atoms with E-state index in [-0.39, 0.29) is 22.8 Å². The number of phenolic OH excluding ortho intramolecular Hbond substituents is 1. The Bertz CT molecular complexity index is 1140. The number of aromatic nitrogens is 1. The fraction of sp³-hybridized carbons (Fsp3) is 0.0870. The van der Waals surface area contributed by atoms with Gasteiger partial charge < -0.3 is 14.9 Å². The largest absolute Gasteiger partial charge is 0.507 e. The van der Waals surface area contributed by atoms with E-state index in [0.717, 1.165) is 0 Å². The summed E-state index contributed by atoms with van der Waals surface area (Å²) >= 11 is 0. The van der Waals surface area contributed by atoms with E-state index in [4.69, 9.17) is 4.74 Å². The third kappa shape index (κ3) is 3.16. The number of ketones is 1.